The number of aromatic nitrogens is 1. The van der Waals surface area contributed by atoms with E-state index in [1.54, 1.807) is 6.07 Å². The quantitative estimate of drug-likeness (QED) is 0.720. The van der Waals surface area contributed by atoms with Gasteiger partial charge in [0, 0.05) is 12.1 Å². The smallest absolute Gasteiger partial charge is 0.214 e. The maximum atomic E-state index is 11.7. The molecule has 0 atom stereocenters. The number of hydrogen-bond acceptors (Lipinski definition) is 4. The SMILES string of the molecule is O=c1ccoc2cnc(OCc3ccccc3)cc12. The second-order valence-corrected chi connectivity index (χ2v) is 4.08. The molecule has 0 unspecified atom stereocenters. The van der Waals surface area contributed by atoms with Gasteiger partial charge in [-0.3, -0.25) is 4.79 Å². The molecule has 0 aliphatic rings. The number of pyridine rings is 1. The fourth-order valence-electron chi connectivity index (χ4n) is 1.78. The Balaban J connectivity index is 1.86. The van der Waals surface area contributed by atoms with Crippen molar-refractivity contribution < 1.29 is 9.15 Å². The minimum Gasteiger partial charge on any atom is -0.473 e. The van der Waals surface area contributed by atoms with Crippen LogP contribution in [-0.4, -0.2) is 4.98 Å². The van der Waals surface area contributed by atoms with Crippen LogP contribution < -0.4 is 10.2 Å². The molecule has 1 aromatic carbocycles. The average molecular weight is 253 g/mol. The molecule has 0 saturated heterocycles. The van der Waals surface area contributed by atoms with Gasteiger partial charge in [0.25, 0.3) is 0 Å². The van der Waals surface area contributed by atoms with E-state index in [4.69, 9.17) is 9.15 Å². The van der Waals surface area contributed by atoms with Crippen LogP contribution in [0, 0.1) is 0 Å². The van der Waals surface area contributed by atoms with Gasteiger partial charge in [-0.05, 0) is 5.56 Å². The van der Waals surface area contributed by atoms with Gasteiger partial charge in [-0.1, -0.05) is 30.3 Å². The van der Waals surface area contributed by atoms with E-state index in [0.29, 0.717) is 23.5 Å². The van der Waals surface area contributed by atoms with Crippen LogP contribution in [0.15, 0.2) is 64.1 Å². The summed E-state index contributed by atoms with van der Waals surface area (Å²) < 4.78 is 10.8. The van der Waals surface area contributed by atoms with E-state index in [1.807, 2.05) is 30.3 Å². The molecule has 94 valence electrons. The number of benzene rings is 1. The van der Waals surface area contributed by atoms with Crippen LogP contribution in [0.5, 0.6) is 5.88 Å². The maximum Gasteiger partial charge on any atom is 0.214 e. The van der Waals surface area contributed by atoms with Crippen LogP contribution in [0.3, 0.4) is 0 Å². The Morgan fingerprint density at radius 2 is 2.00 bits per heavy atom. The first-order valence-corrected chi connectivity index (χ1v) is 5.87. The summed E-state index contributed by atoms with van der Waals surface area (Å²) >= 11 is 0. The molecule has 2 heterocycles. The lowest BCUT2D eigenvalue weighted by molar-refractivity contribution is 0.294. The number of hydrogen-bond donors (Lipinski definition) is 0. The van der Waals surface area contributed by atoms with Gasteiger partial charge in [-0.2, -0.15) is 0 Å². The zero-order chi connectivity index (χ0) is 13.1. The second-order valence-electron chi connectivity index (χ2n) is 4.08. The van der Waals surface area contributed by atoms with Gasteiger partial charge in [0.1, 0.15) is 6.61 Å². The zero-order valence-electron chi connectivity index (χ0n) is 10.1. The van der Waals surface area contributed by atoms with Crippen molar-refractivity contribution >= 4 is 11.0 Å². The predicted molar refractivity (Wildman–Crippen MR) is 71.1 cm³/mol. The summed E-state index contributed by atoms with van der Waals surface area (Å²) in [6.07, 6.45) is 2.86. The topological polar surface area (TPSA) is 52.3 Å². The van der Waals surface area contributed by atoms with Gasteiger partial charge < -0.3 is 9.15 Å². The van der Waals surface area contributed by atoms with Gasteiger partial charge in [0.05, 0.1) is 17.8 Å². The molecule has 0 aliphatic carbocycles. The largest absolute Gasteiger partial charge is 0.473 e. The summed E-state index contributed by atoms with van der Waals surface area (Å²) in [5.74, 6) is 0.412. The fraction of sp³-hybridized carbons (Fsp3) is 0.0667. The third-order valence-corrected chi connectivity index (χ3v) is 2.75. The highest BCUT2D eigenvalue weighted by Gasteiger charge is 2.04. The molecule has 3 rings (SSSR count). The number of rotatable bonds is 3. The molecule has 0 bridgehead atoms. The molecule has 19 heavy (non-hydrogen) atoms. The van der Waals surface area contributed by atoms with E-state index in [2.05, 4.69) is 4.98 Å². The van der Waals surface area contributed by atoms with E-state index >= 15 is 0 Å². The first-order chi connectivity index (χ1) is 9.33. The molecular formula is C15H11NO3. The third kappa shape index (κ3) is 2.47. The molecule has 0 fully saturated rings. The Morgan fingerprint density at radius 1 is 1.16 bits per heavy atom. The van der Waals surface area contributed by atoms with Crippen molar-refractivity contribution in [2.24, 2.45) is 0 Å². The van der Waals surface area contributed by atoms with Crippen molar-refractivity contribution in [1.29, 1.82) is 0 Å². The fourth-order valence-corrected chi connectivity index (χ4v) is 1.78. The monoisotopic (exact) mass is 253 g/mol. The van der Waals surface area contributed by atoms with Crippen LogP contribution in [-0.2, 0) is 6.61 Å². The van der Waals surface area contributed by atoms with Crippen LogP contribution in [0.25, 0.3) is 11.0 Å². The third-order valence-electron chi connectivity index (χ3n) is 2.75. The van der Waals surface area contributed by atoms with Gasteiger partial charge in [-0.25, -0.2) is 4.98 Å². The highest BCUT2D eigenvalue weighted by atomic mass is 16.5. The highest BCUT2D eigenvalue weighted by Crippen LogP contribution is 2.15. The number of fused-ring (bicyclic) bond motifs is 1. The maximum absolute atomic E-state index is 11.7. The van der Waals surface area contributed by atoms with Crippen molar-refractivity contribution in [2.45, 2.75) is 6.61 Å². The van der Waals surface area contributed by atoms with E-state index in [0.717, 1.165) is 5.56 Å². The van der Waals surface area contributed by atoms with Gasteiger partial charge in [-0.15, -0.1) is 0 Å². The van der Waals surface area contributed by atoms with Gasteiger partial charge in [0.15, 0.2) is 11.0 Å². The molecule has 0 radical (unpaired) electrons. The summed E-state index contributed by atoms with van der Waals surface area (Å²) in [7, 11) is 0. The minimum atomic E-state index is -0.104. The molecular weight excluding hydrogens is 242 g/mol. The van der Waals surface area contributed by atoms with Crippen LogP contribution in [0.1, 0.15) is 5.56 Å². The standard InChI is InChI=1S/C15H11NO3/c17-13-6-7-18-14-9-16-15(8-12(13)14)19-10-11-4-2-1-3-5-11/h1-9H,10H2. The summed E-state index contributed by atoms with van der Waals surface area (Å²) in [6, 6.07) is 12.8. The number of nitrogens with zero attached hydrogens (tertiary/aromatic N) is 1. The summed E-state index contributed by atoms with van der Waals surface area (Å²) in [5.41, 5.74) is 1.40. The van der Waals surface area contributed by atoms with Crippen molar-refractivity contribution in [3.63, 3.8) is 0 Å². The normalized spacial score (nSPS) is 10.5. The molecule has 0 amide bonds. The molecule has 0 N–H and O–H groups in total. The molecule has 0 spiro atoms. The van der Waals surface area contributed by atoms with Gasteiger partial charge >= 0.3 is 0 Å². The van der Waals surface area contributed by atoms with Crippen LogP contribution >= 0.6 is 0 Å². The predicted octanol–water partition coefficient (Wildman–Crippen LogP) is 2.77. The molecule has 3 aromatic rings. The Morgan fingerprint density at radius 3 is 2.84 bits per heavy atom. The summed E-state index contributed by atoms with van der Waals surface area (Å²) in [4.78, 5) is 15.8. The van der Waals surface area contributed by atoms with Crippen molar-refractivity contribution in [3.8, 4) is 5.88 Å². The van der Waals surface area contributed by atoms with Crippen molar-refractivity contribution in [3.05, 3.63) is 70.7 Å². The lowest BCUT2D eigenvalue weighted by Crippen LogP contribution is -2.01. The zero-order valence-corrected chi connectivity index (χ0v) is 10.1. The first-order valence-electron chi connectivity index (χ1n) is 5.87. The molecule has 0 aliphatic heterocycles. The Kier molecular flexibility index (Phi) is 2.98. The van der Waals surface area contributed by atoms with Crippen molar-refractivity contribution in [1.82, 2.24) is 4.98 Å². The lowest BCUT2D eigenvalue weighted by atomic mass is 10.2. The molecule has 2 aromatic heterocycles. The Bertz CT molecular complexity index is 750. The molecule has 0 saturated carbocycles. The van der Waals surface area contributed by atoms with E-state index < -0.39 is 0 Å². The van der Waals surface area contributed by atoms with E-state index in [1.165, 1.54) is 18.5 Å². The Hall–Kier alpha value is -2.62. The van der Waals surface area contributed by atoms with Crippen molar-refractivity contribution in [2.75, 3.05) is 0 Å². The first kappa shape index (κ1) is 11.5. The highest BCUT2D eigenvalue weighted by molar-refractivity contribution is 5.76. The summed E-state index contributed by atoms with van der Waals surface area (Å²) in [6.45, 7) is 0.414. The van der Waals surface area contributed by atoms with Crippen LogP contribution in [0.2, 0.25) is 0 Å². The molecule has 4 nitrogen and oxygen atoms in total. The van der Waals surface area contributed by atoms with Gasteiger partial charge in [0.2, 0.25) is 5.88 Å². The van der Waals surface area contributed by atoms with E-state index in [9.17, 15) is 4.79 Å². The molecule has 4 heteroatoms. The second kappa shape index (κ2) is 4.94. The lowest BCUT2D eigenvalue weighted by Gasteiger charge is -2.05. The number of ether oxygens (including phenoxy) is 1. The Labute approximate surface area is 109 Å². The van der Waals surface area contributed by atoms with E-state index in [-0.39, 0.29) is 5.43 Å². The summed E-state index contributed by atoms with van der Waals surface area (Å²) in [5, 5.41) is 0.473. The average Bonchev–Trinajstić information content (AvgIpc) is 2.47. The van der Waals surface area contributed by atoms with Crippen LogP contribution in [0.4, 0.5) is 0 Å². The minimum absolute atomic E-state index is 0.104.